The number of carbonyl (C=O) groups is 2. The minimum Gasteiger partial charge on any atom is -0.462 e. The van der Waals surface area contributed by atoms with Crippen LogP contribution in [0.1, 0.15) is 74.4 Å². The molecule has 1 aliphatic carbocycles. The third-order valence-electron chi connectivity index (χ3n) is 6.82. The third kappa shape index (κ3) is 5.04. The number of aryl methyl sites for hydroxylation is 1. The summed E-state index contributed by atoms with van der Waals surface area (Å²) in [7, 11) is 0. The molecule has 1 aliphatic heterocycles. The second-order valence-electron chi connectivity index (χ2n) is 10.9. The molecule has 3 heterocycles. The van der Waals surface area contributed by atoms with Crippen molar-refractivity contribution < 1.29 is 36.6 Å². The van der Waals surface area contributed by atoms with Gasteiger partial charge in [-0.1, -0.05) is 0 Å². The van der Waals surface area contributed by atoms with Crippen LogP contribution in [-0.2, 0) is 9.47 Å². The molecule has 2 fully saturated rings. The SMILES string of the molecule is CCOC(=O)c1cc(C2CC2)c2c(C)c(N3CCC(NC(=O)OC(C)(C)C)(C(F)(F)F)C3)c(F)cn2c1=O. The number of hydrogen-bond acceptors (Lipinski definition) is 6. The van der Waals surface area contributed by atoms with E-state index in [0.29, 0.717) is 11.1 Å². The summed E-state index contributed by atoms with van der Waals surface area (Å²) < 4.78 is 69.5. The fourth-order valence-corrected chi connectivity index (χ4v) is 4.99. The number of amides is 1. The number of ether oxygens (including phenoxy) is 2. The Labute approximate surface area is 216 Å². The molecule has 0 radical (unpaired) electrons. The predicted octanol–water partition coefficient (Wildman–Crippen LogP) is 4.84. The van der Waals surface area contributed by atoms with Gasteiger partial charge in [0, 0.05) is 6.54 Å². The lowest BCUT2D eigenvalue weighted by Gasteiger charge is -2.34. The summed E-state index contributed by atoms with van der Waals surface area (Å²) in [5, 5.41) is 1.99. The highest BCUT2D eigenvalue weighted by molar-refractivity contribution is 5.90. The second-order valence-corrected chi connectivity index (χ2v) is 10.9. The van der Waals surface area contributed by atoms with Crippen molar-refractivity contribution in [2.45, 2.75) is 77.1 Å². The maximum absolute atomic E-state index is 15.6. The molecule has 208 valence electrons. The number of nitrogens with zero attached hydrogens (tertiary/aromatic N) is 2. The Morgan fingerprint density at radius 2 is 1.87 bits per heavy atom. The number of alkyl halides is 3. The van der Waals surface area contributed by atoms with Gasteiger partial charge in [0.2, 0.25) is 0 Å². The van der Waals surface area contributed by atoms with E-state index >= 15 is 4.39 Å². The molecule has 0 aromatic carbocycles. The molecular weight excluding hydrogens is 510 g/mol. The minimum atomic E-state index is -4.84. The van der Waals surface area contributed by atoms with Gasteiger partial charge in [0.1, 0.15) is 11.2 Å². The second kappa shape index (κ2) is 9.46. The molecule has 1 saturated heterocycles. The number of nitrogens with one attached hydrogen (secondary N) is 1. The molecule has 0 bridgehead atoms. The van der Waals surface area contributed by atoms with Gasteiger partial charge in [0.25, 0.3) is 5.56 Å². The van der Waals surface area contributed by atoms with Gasteiger partial charge in [-0.15, -0.1) is 0 Å². The van der Waals surface area contributed by atoms with E-state index in [2.05, 4.69) is 0 Å². The molecule has 4 rings (SSSR count). The lowest BCUT2D eigenvalue weighted by molar-refractivity contribution is -0.188. The Morgan fingerprint density at radius 1 is 1.21 bits per heavy atom. The highest BCUT2D eigenvalue weighted by Crippen LogP contribution is 2.45. The molecule has 1 atom stereocenters. The van der Waals surface area contributed by atoms with Crippen molar-refractivity contribution in [3.8, 4) is 0 Å². The van der Waals surface area contributed by atoms with Gasteiger partial charge < -0.3 is 19.7 Å². The fourth-order valence-electron chi connectivity index (χ4n) is 4.99. The first-order valence-electron chi connectivity index (χ1n) is 12.5. The number of halogens is 4. The van der Waals surface area contributed by atoms with Gasteiger partial charge in [0.05, 0.1) is 30.6 Å². The van der Waals surface area contributed by atoms with Crippen LogP contribution in [0.4, 0.5) is 28.0 Å². The number of carbonyl (C=O) groups excluding carboxylic acids is 2. The van der Waals surface area contributed by atoms with Gasteiger partial charge in [-0.25, -0.2) is 14.0 Å². The highest BCUT2D eigenvalue weighted by atomic mass is 19.4. The lowest BCUT2D eigenvalue weighted by Crippen LogP contribution is -2.61. The number of rotatable bonds is 5. The topological polar surface area (TPSA) is 89.3 Å². The maximum atomic E-state index is 15.6. The molecule has 8 nitrogen and oxygen atoms in total. The zero-order valence-corrected chi connectivity index (χ0v) is 21.9. The van der Waals surface area contributed by atoms with Crippen LogP contribution in [0, 0.1) is 12.7 Å². The summed E-state index contributed by atoms with van der Waals surface area (Å²) >= 11 is 0. The van der Waals surface area contributed by atoms with Crippen LogP contribution in [0.5, 0.6) is 0 Å². The monoisotopic (exact) mass is 541 g/mol. The van der Waals surface area contributed by atoms with Crippen LogP contribution in [-0.4, -0.2) is 53.5 Å². The summed E-state index contributed by atoms with van der Waals surface area (Å²) in [6.07, 6.45) is -4.09. The summed E-state index contributed by atoms with van der Waals surface area (Å²) in [5.74, 6) is -1.72. The van der Waals surface area contributed by atoms with Crippen molar-refractivity contribution >= 4 is 23.3 Å². The molecule has 2 aromatic heterocycles. The lowest BCUT2D eigenvalue weighted by atomic mass is 9.98. The van der Waals surface area contributed by atoms with E-state index in [1.807, 2.05) is 5.32 Å². The van der Waals surface area contributed by atoms with E-state index in [-0.39, 0.29) is 35.9 Å². The molecule has 0 spiro atoms. The summed E-state index contributed by atoms with van der Waals surface area (Å²) in [6, 6.07) is 1.45. The Morgan fingerprint density at radius 3 is 2.42 bits per heavy atom. The van der Waals surface area contributed by atoms with Crippen LogP contribution in [0.25, 0.3) is 5.52 Å². The van der Waals surface area contributed by atoms with Crippen molar-refractivity contribution in [2.75, 3.05) is 24.6 Å². The molecule has 38 heavy (non-hydrogen) atoms. The van der Waals surface area contributed by atoms with Crippen molar-refractivity contribution in [1.82, 2.24) is 9.72 Å². The van der Waals surface area contributed by atoms with Gasteiger partial charge in [-0.3, -0.25) is 9.20 Å². The van der Waals surface area contributed by atoms with E-state index in [1.165, 1.54) is 38.7 Å². The number of fused-ring (bicyclic) bond motifs is 1. The Kier molecular flexibility index (Phi) is 6.90. The summed E-state index contributed by atoms with van der Waals surface area (Å²) in [5.41, 5.74) is -3.49. The molecule has 1 N–H and O–H groups in total. The number of hydrogen-bond donors (Lipinski definition) is 1. The first-order chi connectivity index (χ1) is 17.6. The Bertz CT molecular complexity index is 1340. The Balaban J connectivity index is 1.79. The first-order valence-corrected chi connectivity index (χ1v) is 12.5. The van der Waals surface area contributed by atoms with Gasteiger partial charge in [-0.05, 0) is 77.0 Å². The zero-order chi connectivity index (χ0) is 28.2. The smallest absolute Gasteiger partial charge is 0.413 e. The molecule has 1 saturated carbocycles. The van der Waals surface area contributed by atoms with Crippen LogP contribution in [0.15, 0.2) is 17.1 Å². The predicted molar refractivity (Wildman–Crippen MR) is 131 cm³/mol. The molecule has 2 aromatic rings. The molecule has 1 unspecified atom stereocenters. The number of esters is 1. The number of aromatic nitrogens is 1. The summed E-state index contributed by atoms with van der Waals surface area (Å²) in [4.78, 5) is 39.1. The minimum absolute atomic E-state index is 0.0254. The van der Waals surface area contributed by atoms with Crippen molar-refractivity contribution in [3.63, 3.8) is 0 Å². The van der Waals surface area contributed by atoms with E-state index in [4.69, 9.17) is 9.47 Å². The maximum Gasteiger partial charge on any atom is 0.413 e. The van der Waals surface area contributed by atoms with Crippen molar-refractivity contribution in [3.05, 3.63) is 45.1 Å². The molecule has 12 heteroatoms. The number of anilines is 1. The first kappa shape index (κ1) is 27.7. The average molecular weight is 542 g/mol. The molecule has 1 amide bonds. The van der Waals surface area contributed by atoms with Gasteiger partial charge >= 0.3 is 18.2 Å². The fraction of sp³-hybridized carbons (Fsp3) is 0.577. The normalized spacial score (nSPS) is 20.1. The van der Waals surface area contributed by atoms with E-state index in [9.17, 15) is 27.6 Å². The van der Waals surface area contributed by atoms with Crippen molar-refractivity contribution in [1.29, 1.82) is 0 Å². The average Bonchev–Trinajstić information content (AvgIpc) is 3.53. The van der Waals surface area contributed by atoms with Gasteiger partial charge in [0.15, 0.2) is 11.4 Å². The zero-order valence-electron chi connectivity index (χ0n) is 21.9. The molecule has 2 aliphatic rings. The third-order valence-corrected chi connectivity index (χ3v) is 6.82. The van der Waals surface area contributed by atoms with E-state index < -0.39 is 53.7 Å². The number of pyridine rings is 2. The quantitative estimate of drug-likeness (QED) is 0.431. The standard InChI is InChI=1S/C26H31F4N3O5/c1-6-37-22(35)17-11-16(15-7-8-15)19-14(2)20(18(27)12-33(19)21(17)34)32-10-9-25(13-32,26(28,29)30)31-23(36)38-24(3,4)5/h11-12,15H,6-10,13H2,1-5H3,(H,31,36). The Hall–Kier alpha value is -3.31. The van der Waals surface area contributed by atoms with E-state index in [0.717, 1.165) is 23.4 Å². The van der Waals surface area contributed by atoms with Crippen LogP contribution in [0.3, 0.4) is 0 Å². The van der Waals surface area contributed by atoms with Crippen LogP contribution >= 0.6 is 0 Å². The van der Waals surface area contributed by atoms with Crippen LogP contribution in [0.2, 0.25) is 0 Å². The largest absolute Gasteiger partial charge is 0.462 e. The number of alkyl carbamates (subject to hydrolysis) is 1. The van der Waals surface area contributed by atoms with Crippen molar-refractivity contribution in [2.24, 2.45) is 0 Å². The molecular formula is C26H31F4N3O5. The van der Waals surface area contributed by atoms with Crippen LogP contribution < -0.4 is 15.8 Å². The highest BCUT2D eigenvalue weighted by Gasteiger charge is 2.60. The summed E-state index contributed by atoms with van der Waals surface area (Å²) in [6.45, 7) is 6.86. The van der Waals surface area contributed by atoms with E-state index in [1.54, 1.807) is 6.92 Å². The van der Waals surface area contributed by atoms with Gasteiger partial charge in [-0.2, -0.15) is 13.2 Å².